The number of benzene rings is 3. The molecular formula is C22H18ClNO2S. The highest BCUT2D eigenvalue weighted by Gasteiger charge is 2.09. The van der Waals surface area contributed by atoms with E-state index < -0.39 is 0 Å². The molecule has 1 N–H and O–H groups in total. The number of hydrogen-bond acceptors (Lipinski definition) is 3. The summed E-state index contributed by atoms with van der Waals surface area (Å²) in [6.07, 6.45) is 0. The number of carbonyl (C=O) groups is 2. The number of rotatable bonds is 6. The lowest BCUT2D eigenvalue weighted by molar-refractivity contribution is 0.101. The molecule has 0 aromatic heterocycles. The first-order chi connectivity index (χ1) is 13.0. The number of carbonyl (C=O) groups excluding carboxylic acids is 2. The zero-order valence-electron chi connectivity index (χ0n) is 14.7. The van der Waals surface area contributed by atoms with Crippen molar-refractivity contribution in [3.63, 3.8) is 0 Å². The van der Waals surface area contributed by atoms with Crippen molar-refractivity contribution in [1.82, 2.24) is 0 Å². The Kier molecular flexibility index (Phi) is 6.32. The number of Topliss-reactive ketones (excluding diaryl/α,β-unsaturated/α-hetero) is 1. The minimum absolute atomic E-state index is 0.0496. The molecule has 0 saturated carbocycles. The topological polar surface area (TPSA) is 46.2 Å². The van der Waals surface area contributed by atoms with Crippen LogP contribution in [0.2, 0.25) is 5.02 Å². The van der Waals surface area contributed by atoms with E-state index in [-0.39, 0.29) is 11.7 Å². The highest BCUT2D eigenvalue weighted by molar-refractivity contribution is 8.00. The standard InChI is InChI=1S/C22H18ClNO2S/c1-15-4-2-3-5-20(15)22(26)24-18-10-12-19(13-11-18)27-14-21(25)16-6-8-17(23)9-7-16/h2-13H,14H2,1H3,(H,24,26). The summed E-state index contributed by atoms with van der Waals surface area (Å²) in [4.78, 5) is 25.5. The van der Waals surface area contributed by atoms with E-state index in [4.69, 9.17) is 11.6 Å². The number of amides is 1. The van der Waals surface area contributed by atoms with Gasteiger partial charge in [-0.15, -0.1) is 11.8 Å². The summed E-state index contributed by atoms with van der Waals surface area (Å²) in [5.41, 5.74) is 2.96. The summed E-state index contributed by atoms with van der Waals surface area (Å²) in [6, 6.07) is 21.8. The van der Waals surface area contributed by atoms with Gasteiger partial charge in [-0.25, -0.2) is 0 Å². The zero-order valence-corrected chi connectivity index (χ0v) is 16.3. The summed E-state index contributed by atoms with van der Waals surface area (Å²) in [5.74, 6) is 0.260. The average Bonchev–Trinajstić information content (AvgIpc) is 2.68. The molecule has 0 aliphatic rings. The van der Waals surface area contributed by atoms with Gasteiger partial charge in [0, 0.05) is 26.7 Å². The lowest BCUT2D eigenvalue weighted by Gasteiger charge is -2.08. The number of aryl methyl sites for hydroxylation is 1. The minimum Gasteiger partial charge on any atom is -0.322 e. The third-order valence-electron chi connectivity index (χ3n) is 4.04. The zero-order chi connectivity index (χ0) is 19.2. The van der Waals surface area contributed by atoms with E-state index in [1.807, 2.05) is 49.4 Å². The van der Waals surface area contributed by atoms with Crippen LogP contribution in [0.3, 0.4) is 0 Å². The predicted molar refractivity (Wildman–Crippen MR) is 112 cm³/mol. The van der Waals surface area contributed by atoms with Crippen molar-refractivity contribution in [2.75, 3.05) is 11.1 Å². The third kappa shape index (κ3) is 5.22. The average molecular weight is 396 g/mol. The van der Waals surface area contributed by atoms with E-state index in [0.717, 1.165) is 16.1 Å². The highest BCUT2D eigenvalue weighted by atomic mass is 35.5. The molecule has 0 saturated heterocycles. The van der Waals surface area contributed by atoms with Crippen LogP contribution in [0.5, 0.6) is 0 Å². The molecule has 0 atom stereocenters. The smallest absolute Gasteiger partial charge is 0.255 e. The Morgan fingerprint density at radius 3 is 2.26 bits per heavy atom. The number of halogens is 1. The fourth-order valence-electron chi connectivity index (χ4n) is 2.53. The molecule has 0 spiro atoms. The van der Waals surface area contributed by atoms with Crippen LogP contribution in [-0.4, -0.2) is 17.4 Å². The Labute approximate surface area is 167 Å². The Morgan fingerprint density at radius 2 is 1.59 bits per heavy atom. The number of nitrogens with one attached hydrogen (secondary N) is 1. The van der Waals surface area contributed by atoms with Crippen molar-refractivity contribution < 1.29 is 9.59 Å². The van der Waals surface area contributed by atoms with Crippen LogP contribution in [-0.2, 0) is 0 Å². The van der Waals surface area contributed by atoms with E-state index in [9.17, 15) is 9.59 Å². The van der Waals surface area contributed by atoms with Crippen molar-refractivity contribution >= 4 is 40.7 Å². The minimum atomic E-state index is -0.133. The van der Waals surface area contributed by atoms with E-state index in [1.54, 1.807) is 30.3 Å². The monoisotopic (exact) mass is 395 g/mol. The van der Waals surface area contributed by atoms with Crippen LogP contribution in [0.25, 0.3) is 0 Å². The first-order valence-corrected chi connectivity index (χ1v) is 9.78. The van der Waals surface area contributed by atoms with Gasteiger partial charge >= 0.3 is 0 Å². The second-order valence-electron chi connectivity index (χ2n) is 6.01. The van der Waals surface area contributed by atoms with Crippen LogP contribution in [0, 0.1) is 6.92 Å². The van der Waals surface area contributed by atoms with Gasteiger partial charge in [0.05, 0.1) is 5.75 Å². The van der Waals surface area contributed by atoms with Crippen LogP contribution in [0.1, 0.15) is 26.3 Å². The van der Waals surface area contributed by atoms with Gasteiger partial charge in [-0.3, -0.25) is 9.59 Å². The third-order valence-corrected chi connectivity index (χ3v) is 5.30. The van der Waals surface area contributed by atoms with Gasteiger partial charge in [-0.2, -0.15) is 0 Å². The molecule has 0 heterocycles. The maximum atomic E-state index is 12.3. The first kappa shape index (κ1) is 19.2. The molecule has 0 unspecified atom stereocenters. The molecular weight excluding hydrogens is 378 g/mol. The van der Waals surface area contributed by atoms with Gasteiger partial charge in [0.25, 0.3) is 5.91 Å². The van der Waals surface area contributed by atoms with Crippen LogP contribution >= 0.6 is 23.4 Å². The van der Waals surface area contributed by atoms with Crippen LogP contribution in [0.4, 0.5) is 5.69 Å². The number of thioether (sulfide) groups is 1. The second kappa shape index (κ2) is 8.89. The van der Waals surface area contributed by atoms with Gasteiger partial charge in [0.15, 0.2) is 5.78 Å². The molecule has 0 aliphatic heterocycles. The summed E-state index contributed by atoms with van der Waals surface area (Å²) in [5, 5.41) is 3.51. The Morgan fingerprint density at radius 1 is 0.926 bits per heavy atom. The van der Waals surface area contributed by atoms with E-state index in [2.05, 4.69) is 5.32 Å². The van der Waals surface area contributed by atoms with Crippen molar-refractivity contribution in [1.29, 1.82) is 0 Å². The van der Waals surface area contributed by atoms with Crippen molar-refractivity contribution in [2.45, 2.75) is 11.8 Å². The number of hydrogen-bond donors (Lipinski definition) is 1. The van der Waals surface area contributed by atoms with Gasteiger partial charge < -0.3 is 5.32 Å². The maximum Gasteiger partial charge on any atom is 0.255 e. The normalized spacial score (nSPS) is 10.4. The molecule has 0 radical (unpaired) electrons. The first-order valence-electron chi connectivity index (χ1n) is 8.41. The quantitative estimate of drug-likeness (QED) is 0.419. The number of anilines is 1. The molecule has 0 fully saturated rings. The summed E-state index contributed by atoms with van der Waals surface area (Å²) in [7, 11) is 0. The van der Waals surface area contributed by atoms with Gasteiger partial charge in [-0.1, -0.05) is 29.8 Å². The van der Waals surface area contributed by atoms with Gasteiger partial charge in [0.2, 0.25) is 0 Å². The van der Waals surface area contributed by atoms with Gasteiger partial charge in [0.1, 0.15) is 0 Å². The van der Waals surface area contributed by atoms with E-state index in [1.165, 1.54) is 11.8 Å². The summed E-state index contributed by atoms with van der Waals surface area (Å²) < 4.78 is 0. The molecule has 5 heteroatoms. The molecule has 3 aromatic rings. The lowest BCUT2D eigenvalue weighted by atomic mass is 10.1. The van der Waals surface area contributed by atoms with Crippen molar-refractivity contribution in [2.24, 2.45) is 0 Å². The fraction of sp³-hybridized carbons (Fsp3) is 0.0909. The molecule has 3 aromatic carbocycles. The van der Waals surface area contributed by atoms with Crippen molar-refractivity contribution in [3.05, 3.63) is 94.5 Å². The van der Waals surface area contributed by atoms with E-state index >= 15 is 0 Å². The van der Waals surface area contributed by atoms with E-state index in [0.29, 0.717) is 21.9 Å². The second-order valence-corrected chi connectivity index (χ2v) is 7.50. The van der Waals surface area contributed by atoms with Crippen LogP contribution < -0.4 is 5.32 Å². The molecule has 136 valence electrons. The SMILES string of the molecule is Cc1ccccc1C(=O)Nc1ccc(SCC(=O)c2ccc(Cl)cc2)cc1. The van der Waals surface area contributed by atoms with Gasteiger partial charge in [-0.05, 0) is 67.1 Å². The molecule has 0 aliphatic carbocycles. The largest absolute Gasteiger partial charge is 0.322 e. The molecule has 27 heavy (non-hydrogen) atoms. The number of ketones is 1. The molecule has 3 rings (SSSR count). The Hall–Kier alpha value is -2.56. The Balaban J connectivity index is 1.57. The van der Waals surface area contributed by atoms with Crippen LogP contribution in [0.15, 0.2) is 77.7 Å². The summed E-state index contributed by atoms with van der Waals surface area (Å²) >= 11 is 7.30. The molecule has 0 bridgehead atoms. The molecule has 3 nitrogen and oxygen atoms in total. The molecule has 1 amide bonds. The predicted octanol–water partition coefficient (Wildman–Crippen LogP) is 5.88. The maximum absolute atomic E-state index is 12.3. The lowest BCUT2D eigenvalue weighted by Crippen LogP contribution is -2.13. The van der Waals surface area contributed by atoms with Crippen molar-refractivity contribution in [3.8, 4) is 0 Å². The summed E-state index contributed by atoms with van der Waals surface area (Å²) in [6.45, 7) is 1.91. The Bertz CT molecular complexity index is 953. The fourth-order valence-corrected chi connectivity index (χ4v) is 3.45. The highest BCUT2D eigenvalue weighted by Crippen LogP contribution is 2.22.